The van der Waals surface area contributed by atoms with Gasteiger partial charge in [-0.15, -0.1) is 5.10 Å². The number of ether oxygens (including phenoxy) is 4. The van der Waals surface area contributed by atoms with E-state index in [4.69, 9.17) is 30.5 Å². The summed E-state index contributed by atoms with van der Waals surface area (Å²) < 4.78 is 46.7. The van der Waals surface area contributed by atoms with E-state index in [1.165, 1.54) is 42.9 Å². The zero-order chi connectivity index (χ0) is 32.3. The molecule has 0 radical (unpaired) electrons. The number of fused-ring (bicyclic) bond motifs is 1. The quantitative estimate of drug-likeness (QED) is 0.258. The maximum Gasteiger partial charge on any atom is 0.424 e. The van der Waals surface area contributed by atoms with Crippen molar-refractivity contribution in [3.63, 3.8) is 0 Å². The Labute approximate surface area is 254 Å². The van der Waals surface area contributed by atoms with Crippen molar-refractivity contribution in [1.29, 1.82) is 0 Å². The second-order valence-electron chi connectivity index (χ2n) is 10.9. The lowest BCUT2D eigenvalue weighted by Gasteiger charge is -2.33. The first kappa shape index (κ1) is 33.4. The molecule has 0 saturated heterocycles. The molecule has 0 spiro atoms. The van der Waals surface area contributed by atoms with E-state index in [2.05, 4.69) is 15.4 Å². The van der Waals surface area contributed by atoms with E-state index in [1.807, 2.05) is 0 Å². The highest BCUT2D eigenvalue weighted by Crippen LogP contribution is 2.35. The Kier molecular flexibility index (Phi) is 9.81. The highest BCUT2D eigenvalue weighted by molar-refractivity contribution is 7.90. The molecule has 0 aliphatic heterocycles. The van der Waals surface area contributed by atoms with Gasteiger partial charge in [-0.2, -0.15) is 4.98 Å². The predicted octanol–water partition coefficient (Wildman–Crippen LogP) is 4.51. The lowest BCUT2D eigenvalue weighted by Crippen LogP contribution is -2.57. The first-order chi connectivity index (χ1) is 19.9. The monoisotopic (exact) mass is 639 g/mol. The molecule has 0 aliphatic carbocycles. The maximum absolute atomic E-state index is 13.5. The molecular weight excluding hydrogens is 606 g/mol. The van der Waals surface area contributed by atoms with E-state index >= 15 is 0 Å². The number of nitrogens with zero attached hydrogens (tertiary/aromatic N) is 4. The Hall–Kier alpha value is -4.11. The number of rotatable bonds is 9. The van der Waals surface area contributed by atoms with Gasteiger partial charge in [0.2, 0.25) is 6.79 Å². The zero-order valence-electron chi connectivity index (χ0n) is 25.0. The van der Waals surface area contributed by atoms with Crippen LogP contribution in [0.1, 0.15) is 41.5 Å². The molecule has 1 aromatic carbocycles. The lowest BCUT2D eigenvalue weighted by molar-refractivity contribution is -0.161. The van der Waals surface area contributed by atoms with Gasteiger partial charge in [0.25, 0.3) is 5.95 Å². The topological polar surface area (TPSA) is 168 Å². The van der Waals surface area contributed by atoms with Crippen molar-refractivity contribution in [2.45, 2.75) is 57.6 Å². The molecule has 2 heterocycles. The molecule has 0 aliphatic rings. The number of amides is 2. The van der Waals surface area contributed by atoms with Gasteiger partial charge >= 0.3 is 18.2 Å². The molecule has 0 fully saturated rings. The van der Waals surface area contributed by atoms with E-state index in [-0.39, 0.29) is 22.3 Å². The molecule has 43 heavy (non-hydrogen) atoms. The Morgan fingerprint density at radius 1 is 1.09 bits per heavy atom. The summed E-state index contributed by atoms with van der Waals surface area (Å²) in [6.07, 6.45) is 0.573. The fraction of sp³-hybridized carbons (Fsp3) is 0.444. The zero-order valence-corrected chi connectivity index (χ0v) is 26.6. The fourth-order valence-corrected chi connectivity index (χ4v) is 4.39. The molecule has 234 valence electrons. The van der Waals surface area contributed by atoms with E-state index < -0.39 is 51.8 Å². The van der Waals surface area contributed by atoms with Crippen molar-refractivity contribution in [3.05, 3.63) is 41.6 Å². The van der Waals surface area contributed by atoms with Crippen LogP contribution < -0.4 is 15.0 Å². The number of sulfone groups is 1. The van der Waals surface area contributed by atoms with Crippen molar-refractivity contribution in [2.24, 2.45) is 5.92 Å². The molecule has 0 saturated carbocycles. The van der Waals surface area contributed by atoms with Crippen molar-refractivity contribution < 1.29 is 41.7 Å². The average Bonchev–Trinajstić information content (AvgIpc) is 3.29. The van der Waals surface area contributed by atoms with Crippen LogP contribution in [0, 0.1) is 5.92 Å². The predicted molar refractivity (Wildman–Crippen MR) is 156 cm³/mol. The van der Waals surface area contributed by atoms with Crippen LogP contribution in [-0.2, 0) is 28.8 Å². The Balaban J connectivity index is 1.90. The van der Waals surface area contributed by atoms with Crippen LogP contribution in [0.15, 0.2) is 41.4 Å². The SMILES string of the molecule is COc1cc(S(C)(=O)=O)ccc1N(C(=O)OCOC(=O)C(C)(NC(=O)OC(C)(C)C)C(C)C)c1nc2ccc(Cl)cn2n1. The number of benzene rings is 1. The number of anilines is 2. The first-order valence-corrected chi connectivity index (χ1v) is 15.2. The van der Waals surface area contributed by atoms with Gasteiger partial charge in [0.05, 0.1) is 22.7 Å². The van der Waals surface area contributed by atoms with Crippen LogP contribution in [-0.4, -0.2) is 72.5 Å². The molecule has 1 unspecified atom stereocenters. The van der Waals surface area contributed by atoms with E-state index in [0.29, 0.717) is 10.7 Å². The second kappa shape index (κ2) is 12.6. The van der Waals surface area contributed by atoms with Crippen LogP contribution in [0.2, 0.25) is 5.02 Å². The van der Waals surface area contributed by atoms with Gasteiger partial charge in [-0.25, -0.2) is 32.2 Å². The van der Waals surface area contributed by atoms with Crippen LogP contribution in [0.4, 0.5) is 21.2 Å². The number of hydrogen-bond acceptors (Lipinski definition) is 11. The number of alkyl carbamates (subject to hydrolysis) is 1. The second-order valence-corrected chi connectivity index (χ2v) is 13.4. The molecular formula is C27H34ClN5O9S. The van der Waals surface area contributed by atoms with E-state index in [1.54, 1.807) is 46.8 Å². The summed E-state index contributed by atoms with van der Waals surface area (Å²) in [5, 5.41) is 7.17. The van der Waals surface area contributed by atoms with E-state index in [0.717, 1.165) is 11.2 Å². The van der Waals surface area contributed by atoms with Crippen molar-refractivity contribution in [2.75, 3.05) is 25.1 Å². The Morgan fingerprint density at radius 3 is 2.35 bits per heavy atom. The summed E-state index contributed by atoms with van der Waals surface area (Å²) in [5.41, 5.74) is -1.97. The van der Waals surface area contributed by atoms with Gasteiger partial charge in [-0.1, -0.05) is 25.4 Å². The summed E-state index contributed by atoms with van der Waals surface area (Å²) in [6.45, 7) is 9.03. The number of hydrogen-bond donors (Lipinski definition) is 1. The number of esters is 1. The maximum atomic E-state index is 13.5. The summed E-state index contributed by atoms with van der Waals surface area (Å²) in [6, 6.07) is 6.97. The third-order valence-corrected chi connectivity index (χ3v) is 7.53. The smallest absolute Gasteiger partial charge is 0.424 e. The number of carbonyl (C=O) groups is 3. The van der Waals surface area contributed by atoms with Crippen LogP contribution in [0.25, 0.3) is 5.65 Å². The van der Waals surface area contributed by atoms with Crippen LogP contribution in [0.5, 0.6) is 5.75 Å². The lowest BCUT2D eigenvalue weighted by atomic mass is 9.88. The molecule has 3 rings (SSSR count). The minimum absolute atomic E-state index is 0.0114. The van der Waals surface area contributed by atoms with Crippen LogP contribution in [0.3, 0.4) is 0 Å². The standard InChI is InChI=1S/C27H34ClN5O9S/c1-16(2)27(6,30-24(35)42-26(3,4)5)22(34)40-15-41-25(36)33(23-29-21-12-9-17(28)14-32(21)31-23)19-11-10-18(43(8,37)38)13-20(19)39-7/h9-14,16H,15H2,1-8H3,(H,30,35). The van der Waals surface area contributed by atoms with Gasteiger partial charge in [0.15, 0.2) is 15.5 Å². The van der Waals surface area contributed by atoms with Gasteiger partial charge < -0.3 is 24.3 Å². The number of aromatic nitrogens is 3. The molecule has 2 amide bonds. The minimum atomic E-state index is -3.61. The van der Waals surface area contributed by atoms with Crippen molar-refractivity contribution in [3.8, 4) is 5.75 Å². The summed E-state index contributed by atoms with van der Waals surface area (Å²) in [4.78, 5) is 44.1. The molecule has 1 atom stereocenters. The number of carbonyl (C=O) groups excluding carboxylic acids is 3. The summed E-state index contributed by atoms with van der Waals surface area (Å²) >= 11 is 6.06. The highest BCUT2D eigenvalue weighted by Gasteiger charge is 2.41. The minimum Gasteiger partial charge on any atom is -0.495 e. The largest absolute Gasteiger partial charge is 0.495 e. The molecule has 14 nitrogen and oxygen atoms in total. The molecule has 1 N–H and O–H groups in total. The molecule has 3 aromatic rings. The van der Waals surface area contributed by atoms with Crippen molar-refractivity contribution >= 4 is 56.9 Å². The van der Waals surface area contributed by atoms with Gasteiger partial charge in [-0.3, -0.25) is 0 Å². The number of methoxy groups -OCH3 is 1. The Bertz CT molecular complexity index is 1640. The van der Waals surface area contributed by atoms with Gasteiger partial charge in [0.1, 0.15) is 16.9 Å². The summed E-state index contributed by atoms with van der Waals surface area (Å²) in [5.74, 6) is -1.51. The van der Waals surface area contributed by atoms with Crippen molar-refractivity contribution in [1.82, 2.24) is 19.9 Å². The van der Waals surface area contributed by atoms with Gasteiger partial charge in [-0.05, 0) is 57.9 Å². The number of halogens is 1. The molecule has 0 bridgehead atoms. The normalized spacial score (nSPS) is 13.3. The third-order valence-electron chi connectivity index (χ3n) is 6.20. The fourth-order valence-electron chi connectivity index (χ4n) is 3.60. The third kappa shape index (κ3) is 8.04. The van der Waals surface area contributed by atoms with Gasteiger partial charge in [0, 0.05) is 18.5 Å². The highest BCUT2D eigenvalue weighted by atomic mass is 35.5. The van der Waals surface area contributed by atoms with Crippen LogP contribution >= 0.6 is 11.6 Å². The average molecular weight is 640 g/mol. The van der Waals surface area contributed by atoms with E-state index in [9.17, 15) is 22.8 Å². The molecule has 2 aromatic heterocycles. The first-order valence-electron chi connectivity index (χ1n) is 12.9. The molecule has 16 heteroatoms. The number of pyridine rings is 1. The Morgan fingerprint density at radius 2 is 1.77 bits per heavy atom. The number of nitrogens with one attached hydrogen (secondary N) is 1. The summed E-state index contributed by atoms with van der Waals surface area (Å²) in [7, 11) is -2.32.